The Morgan fingerprint density at radius 1 is 1.00 bits per heavy atom. The van der Waals surface area contributed by atoms with Gasteiger partial charge in [0.25, 0.3) is 0 Å². The highest BCUT2D eigenvalue weighted by atomic mass is 16.4. The van der Waals surface area contributed by atoms with Crippen LogP contribution in [0.2, 0.25) is 0 Å². The Balaban J connectivity index is 3.88. The highest BCUT2D eigenvalue weighted by Crippen LogP contribution is 2.10. The average molecular weight is 271 g/mol. The van der Waals surface area contributed by atoms with Gasteiger partial charge in [-0.1, -0.05) is 39.0 Å². The van der Waals surface area contributed by atoms with Crippen molar-refractivity contribution in [2.45, 2.75) is 78.2 Å². The molecule has 0 unspecified atom stereocenters. The van der Waals surface area contributed by atoms with E-state index in [4.69, 9.17) is 5.11 Å². The molecule has 0 saturated heterocycles. The maximum atomic E-state index is 12.0. The Morgan fingerprint density at radius 2 is 1.58 bits per heavy atom. The topological polar surface area (TPSA) is 57.6 Å². The molecule has 4 nitrogen and oxygen atoms in total. The minimum atomic E-state index is -0.849. The molecule has 0 bridgehead atoms. The second-order valence-corrected chi connectivity index (χ2v) is 5.34. The first-order chi connectivity index (χ1) is 8.99. The molecule has 19 heavy (non-hydrogen) atoms. The largest absolute Gasteiger partial charge is 0.481 e. The maximum Gasteiger partial charge on any atom is 0.305 e. The number of carboxylic acids is 1. The van der Waals surface area contributed by atoms with E-state index in [9.17, 15) is 9.59 Å². The van der Waals surface area contributed by atoms with Crippen LogP contribution in [0.15, 0.2) is 0 Å². The lowest BCUT2D eigenvalue weighted by atomic mass is 10.1. The van der Waals surface area contributed by atoms with Gasteiger partial charge >= 0.3 is 5.97 Å². The molecule has 0 rings (SSSR count). The maximum absolute atomic E-state index is 12.0. The molecule has 0 aliphatic carbocycles. The lowest BCUT2D eigenvalue weighted by molar-refractivity contribution is -0.139. The van der Waals surface area contributed by atoms with Crippen molar-refractivity contribution < 1.29 is 14.7 Å². The lowest BCUT2D eigenvalue weighted by Gasteiger charge is -2.26. The molecule has 0 radical (unpaired) electrons. The quantitative estimate of drug-likeness (QED) is 0.586. The van der Waals surface area contributed by atoms with Crippen LogP contribution in [0.3, 0.4) is 0 Å². The van der Waals surface area contributed by atoms with Crippen LogP contribution in [0, 0.1) is 0 Å². The van der Waals surface area contributed by atoms with Gasteiger partial charge in [0.1, 0.15) is 0 Å². The number of amides is 1. The third kappa shape index (κ3) is 9.51. The monoisotopic (exact) mass is 271 g/mol. The van der Waals surface area contributed by atoms with Crippen LogP contribution < -0.4 is 0 Å². The lowest BCUT2D eigenvalue weighted by Crippen LogP contribution is -2.38. The molecule has 4 heteroatoms. The third-order valence-corrected chi connectivity index (χ3v) is 3.25. The van der Waals surface area contributed by atoms with Crippen LogP contribution >= 0.6 is 0 Å². The first-order valence-corrected chi connectivity index (χ1v) is 7.50. The molecule has 0 aromatic rings. The van der Waals surface area contributed by atoms with Crippen LogP contribution in [0.1, 0.15) is 72.1 Å². The number of carbonyl (C=O) groups is 2. The summed E-state index contributed by atoms with van der Waals surface area (Å²) in [6, 6.07) is 0.0759. The summed E-state index contributed by atoms with van der Waals surface area (Å²) >= 11 is 0. The van der Waals surface area contributed by atoms with Crippen LogP contribution in [0.4, 0.5) is 0 Å². The van der Waals surface area contributed by atoms with Crippen LogP contribution in [0.25, 0.3) is 0 Å². The Bertz CT molecular complexity index is 264. The van der Waals surface area contributed by atoms with Crippen molar-refractivity contribution in [2.75, 3.05) is 6.54 Å². The van der Waals surface area contributed by atoms with Gasteiger partial charge in [0.2, 0.25) is 5.91 Å². The Kier molecular flexibility index (Phi) is 10.2. The molecule has 0 saturated carbocycles. The zero-order valence-corrected chi connectivity index (χ0v) is 12.7. The van der Waals surface area contributed by atoms with E-state index in [1.165, 1.54) is 25.7 Å². The molecular formula is C15H29NO3. The molecule has 112 valence electrons. The van der Waals surface area contributed by atoms with Crippen molar-refractivity contribution in [3.63, 3.8) is 0 Å². The molecule has 1 amide bonds. The van der Waals surface area contributed by atoms with E-state index in [0.717, 1.165) is 12.8 Å². The van der Waals surface area contributed by atoms with Gasteiger partial charge in [0.15, 0.2) is 0 Å². The first kappa shape index (κ1) is 17.9. The summed E-state index contributed by atoms with van der Waals surface area (Å²) in [4.78, 5) is 24.3. The van der Waals surface area contributed by atoms with E-state index >= 15 is 0 Å². The van der Waals surface area contributed by atoms with E-state index in [-0.39, 0.29) is 18.4 Å². The van der Waals surface area contributed by atoms with E-state index in [1.54, 1.807) is 4.90 Å². The van der Waals surface area contributed by atoms with Crippen LogP contribution in [0.5, 0.6) is 0 Å². The molecule has 0 atom stereocenters. The van der Waals surface area contributed by atoms with Crippen molar-refractivity contribution in [3.8, 4) is 0 Å². The van der Waals surface area contributed by atoms with E-state index < -0.39 is 5.97 Å². The summed E-state index contributed by atoms with van der Waals surface area (Å²) in [5.74, 6) is -0.759. The average Bonchev–Trinajstić information content (AvgIpc) is 2.33. The second-order valence-electron chi connectivity index (χ2n) is 5.34. The summed E-state index contributed by atoms with van der Waals surface area (Å²) in [6.07, 6.45) is 7.52. The summed E-state index contributed by atoms with van der Waals surface area (Å²) in [7, 11) is 0. The molecule has 0 fully saturated rings. The molecule has 0 aliphatic heterocycles. The Morgan fingerprint density at radius 3 is 2.11 bits per heavy atom. The molecule has 0 aromatic heterocycles. The predicted octanol–water partition coefficient (Wildman–Crippen LogP) is 3.45. The van der Waals surface area contributed by atoms with Gasteiger partial charge in [0.05, 0.1) is 6.42 Å². The number of hydrogen-bond acceptors (Lipinski definition) is 2. The third-order valence-electron chi connectivity index (χ3n) is 3.25. The van der Waals surface area contributed by atoms with E-state index in [2.05, 4.69) is 6.92 Å². The standard InChI is InChI=1S/C15H29NO3/c1-4-5-6-7-8-9-10-14(17)16(13(2)3)12-11-15(18)19/h13H,4-12H2,1-3H3,(H,18,19). The first-order valence-electron chi connectivity index (χ1n) is 7.50. The van der Waals surface area contributed by atoms with Gasteiger partial charge in [-0.15, -0.1) is 0 Å². The summed E-state index contributed by atoms with van der Waals surface area (Å²) in [5.41, 5.74) is 0. The number of aliphatic carboxylic acids is 1. The Labute approximate surface area is 117 Å². The zero-order valence-electron chi connectivity index (χ0n) is 12.7. The number of carboxylic acid groups (broad SMARTS) is 1. The summed E-state index contributed by atoms with van der Waals surface area (Å²) in [5, 5.41) is 8.68. The number of nitrogens with zero attached hydrogens (tertiary/aromatic N) is 1. The fourth-order valence-corrected chi connectivity index (χ4v) is 2.09. The fraction of sp³-hybridized carbons (Fsp3) is 0.867. The second kappa shape index (κ2) is 10.8. The molecule has 0 spiro atoms. The number of carbonyl (C=O) groups excluding carboxylic acids is 1. The molecular weight excluding hydrogens is 242 g/mol. The van der Waals surface area contributed by atoms with Gasteiger partial charge in [0, 0.05) is 19.0 Å². The van der Waals surface area contributed by atoms with Crippen LogP contribution in [-0.4, -0.2) is 34.5 Å². The molecule has 0 aromatic carbocycles. The van der Waals surface area contributed by atoms with Crippen LogP contribution in [-0.2, 0) is 9.59 Å². The fourth-order valence-electron chi connectivity index (χ4n) is 2.09. The number of hydrogen-bond donors (Lipinski definition) is 1. The molecule has 1 N–H and O–H groups in total. The normalized spacial score (nSPS) is 10.7. The smallest absolute Gasteiger partial charge is 0.305 e. The van der Waals surface area contributed by atoms with E-state index in [1.807, 2.05) is 13.8 Å². The highest BCUT2D eigenvalue weighted by Gasteiger charge is 2.17. The van der Waals surface area contributed by atoms with Gasteiger partial charge in [-0.2, -0.15) is 0 Å². The summed E-state index contributed by atoms with van der Waals surface area (Å²) < 4.78 is 0. The van der Waals surface area contributed by atoms with E-state index in [0.29, 0.717) is 13.0 Å². The Hall–Kier alpha value is -1.06. The zero-order chi connectivity index (χ0) is 14.7. The van der Waals surface area contributed by atoms with Crippen molar-refractivity contribution in [3.05, 3.63) is 0 Å². The van der Waals surface area contributed by atoms with Crippen molar-refractivity contribution >= 4 is 11.9 Å². The van der Waals surface area contributed by atoms with Crippen molar-refractivity contribution in [1.82, 2.24) is 4.90 Å². The van der Waals surface area contributed by atoms with Gasteiger partial charge in [-0.05, 0) is 20.3 Å². The highest BCUT2D eigenvalue weighted by molar-refractivity contribution is 5.77. The van der Waals surface area contributed by atoms with Crippen molar-refractivity contribution in [2.24, 2.45) is 0 Å². The van der Waals surface area contributed by atoms with Crippen molar-refractivity contribution in [1.29, 1.82) is 0 Å². The minimum absolute atomic E-state index is 0.0282. The molecule has 0 aliphatic rings. The van der Waals surface area contributed by atoms with Gasteiger partial charge in [-0.25, -0.2) is 0 Å². The minimum Gasteiger partial charge on any atom is -0.481 e. The predicted molar refractivity (Wildman–Crippen MR) is 77.1 cm³/mol. The SMILES string of the molecule is CCCCCCCCC(=O)N(CCC(=O)O)C(C)C. The number of unbranched alkanes of at least 4 members (excludes halogenated alkanes) is 5. The molecule has 0 heterocycles. The van der Waals surface area contributed by atoms with Gasteiger partial charge < -0.3 is 10.0 Å². The number of rotatable bonds is 11. The summed E-state index contributed by atoms with van der Waals surface area (Å²) in [6.45, 7) is 6.37. The van der Waals surface area contributed by atoms with Gasteiger partial charge in [-0.3, -0.25) is 9.59 Å².